The Kier molecular flexibility index (Phi) is 3.44. The predicted octanol–water partition coefficient (Wildman–Crippen LogP) is 2.31. The van der Waals surface area contributed by atoms with E-state index in [1.165, 1.54) is 4.90 Å². The number of rotatable bonds is 0. The fourth-order valence-electron chi connectivity index (χ4n) is 1.02. The molecule has 0 aromatic rings. The highest BCUT2D eigenvalue weighted by molar-refractivity contribution is 9.09. The summed E-state index contributed by atoms with van der Waals surface area (Å²) in [6.07, 6.45) is 4.58. The molecule has 84 valence electrons. The molecule has 0 aromatic carbocycles. The number of hydrogen-bond acceptors (Lipinski definition) is 3. The summed E-state index contributed by atoms with van der Waals surface area (Å²) in [5.74, 6) is 0. The molecular formula is C10H15BrN2O2. The fourth-order valence-corrected chi connectivity index (χ4v) is 1.63. The third-order valence-electron chi connectivity index (χ3n) is 1.63. The lowest BCUT2D eigenvalue weighted by Crippen LogP contribution is -2.38. The largest absolute Gasteiger partial charge is 0.443 e. The van der Waals surface area contributed by atoms with Crippen molar-refractivity contribution in [3.05, 3.63) is 24.0 Å². The first kappa shape index (κ1) is 12.1. The second-order valence-corrected chi connectivity index (χ2v) is 5.18. The van der Waals surface area contributed by atoms with Crippen LogP contribution in [0.15, 0.2) is 24.0 Å². The van der Waals surface area contributed by atoms with Gasteiger partial charge in [-0.25, -0.2) is 4.79 Å². The zero-order valence-corrected chi connectivity index (χ0v) is 10.6. The SMILES string of the molecule is CC(C)(C)OC(=O)N1C=CC(N)=CC1Br. The van der Waals surface area contributed by atoms with Gasteiger partial charge in [0.05, 0.1) is 0 Å². The van der Waals surface area contributed by atoms with Crippen LogP contribution in [0.4, 0.5) is 4.79 Å². The summed E-state index contributed by atoms with van der Waals surface area (Å²) in [6.45, 7) is 5.48. The summed E-state index contributed by atoms with van der Waals surface area (Å²) >= 11 is 3.32. The van der Waals surface area contributed by atoms with Gasteiger partial charge in [0.1, 0.15) is 10.6 Å². The van der Waals surface area contributed by atoms with Crippen LogP contribution in [0, 0.1) is 0 Å². The first-order valence-electron chi connectivity index (χ1n) is 4.60. The number of nitrogens with two attached hydrogens (primary N) is 1. The molecule has 0 aliphatic carbocycles. The van der Waals surface area contributed by atoms with Gasteiger partial charge in [-0.3, -0.25) is 4.90 Å². The van der Waals surface area contributed by atoms with E-state index < -0.39 is 11.7 Å². The van der Waals surface area contributed by atoms with Crippen molar-refractivity contribution in [2.24, 2.45) is 5.73 Å². The van der Waals surface area contributed by atoms with Gasteiger partial charge < -0.3 is 10.5 Å². The summed E-state index contributed by atoms with van der Waals surface area (Å²) in [7, 11) is 0. The molecule has 1 heterocycles. The first-order chi connectivity index (χ1) is 6.79. The molecule has 0 saturated carbocycles. The fraction of sp³-hybridized carbons (Fsp3) is 0.500. The van der Waals surface area contributed by atoms with Gasteiger partial charge in [0, 0.05) is 11.9 Å². The highest BCUT2D eigenvalue weighted by Gasteiger charge is 2.25. The standard InChI is InChI=1S/C10H15BrN2O2/c1-10(2,3)15-9(14)13-5-4-7(12)6-8(13)11/h4-6,8H,12H2,1-3H3. The van der Waals surface area contributed by atoms with Gasteiger partial charge in [-0.15, -0.1) is 0 Å². The molecule has 4 nitrogen and oxygen atoms in total. The van der Waals surface area contributed by atoms with Crippen LogP contribution in [0.1, 0.15) is 20.8 Å². The number of carbonyl (C=O) groups excluding carboxylic acids is 1. The van der Waals surface area contributed by atoms with Crippen LogP contribution in [-0.2, 0) is 4.74 Å². The average Bonchev–Trinajstić information content (AvgIpc) is 1.99. The molecule has 0 spiro atoms. The Morgan fingerprint density at radius 3 is 2.67 bits per heavy atom. The number of amides is 1. The summed E-state index contributed by atoms with van der Waals surface area (Å²) in [5.41, 5.74) is 5.71. The minimum atomic E-state index is -0.496. The van der Waals surface area contributed by atoms with Crippen molar-refractivity contribution in [1.82, 2.24) is 4.90 Å². The molecule has 1 aliphatic heterocycles. The highest BCUT2D eigenvalue weighted by Crippen LogP contribution is 2.19. The molecule has 0 saturated heterocycles. The topological polar surface area (TPSA) is 55.6 Å². The summed E-state index contributed by atoms with van der Waals surface area (Å²) in [4.78, 5) is 12.9. The zero-order valence-electron chi connectivity index (χ0n) is 9.03. The maximum Gasteiger partial charge on any atom is 0.415 e. The third-order valence-corrected chi connectivity index (χ3v) is 2.33. The van der Waals surface area contributed by atoms with Crippen LogP contribution in [0.25, 0.3) is 0 Å². The Morgan fingerprint density at radius 2 is 2.20 bits per heavy atom. The molecule has 2 N–H and O–H groups in total. The van der Waals surface area contributed by atoms with E-state index >= 15 is 0 Å². The van der Waals surface area contributed by atoms with Crippen molar-refractivity contribution >= 4 is 22.0 Å². The number of carbonyl (C=O) groups is 1. The molecule has 0 fully saturated rings. The van der Waals surface area contributed by atoms with Crippen LogP contribution in [-0.4, -0.2) is 21.5 Å². The maximum absolute atomic E-state index is 11.7. The Bertz CT molecular complexity index is 318. The van der Waals surface area contributed by atoms with Crippen LogP contribution >= 0.6 is 15.9 Å². The van der Waals surface area contributed by atoms with E-state index in [0.29, 0.717) is 5.70 Å². The molecule has 1 unspecified atom stereocenters. The Balaban J connectivity index is 2.67. The molecule has 15 heavy (non-hydrogen) atoms. The van der Waals surface area contributed by atoms with E-state index in [1.807, 2.05) is 20.8 Å². The van der Waals surface area contributed by atoms with Gasteiger partial charge in [0.2, 0.25) is 0 Å². The van der Waals surface area contributed by atoms with Crippen molar-refractivity contribution in [2.75, 3.05) is 0 Å². The van der Waals surface area contributed by atoms with Gasteiger partial charge in [0.25, 0.3) is 0 Å². The summed E-state index contributed by atoms with van der Waals surface area (Å²) < 4.78 is 5.22. The smallest absolute Gasteiger partial charge is 0.415 e. The third kappa shape index (κ3) is 3.58. The molecular weight excluding hydrogens is 260 g/mol. The second-order valence-electron chi connectivity index (χ2n) is 4.24. The minimum Gasteiger partial charge on any atom is -0.443 e. The molecule has 1 aliphatic rings. The molecule has 5 heteroatoms. The van der Waals surface area contributed by atoms with Crippen molar-refractivity contribution in [1.29, 1.82) is 0 Å². The van der Waals surface area contributed by atoms with Gasteiger partial charge in [-0.2, -0.15) is 0 Å². The number of allylic oxidation sites excluding steroid dienone is 1. The maximum atomic E-state index is 11.7. The summed E-state index contributed by atoms with van der Waals surface area (Å²) in [6, 6.07) is 0. The Labute approximate surface area is 97.9 Å². The highest BCUT2D eigenvalue weighted by atomic mass is 79.9. The zero-order chi connectivity index (χ0) is 11.6. The van der Waals surface area contributed by atoms with Gasteiger partial charge >= 0.3 is 6.09 Å². The molecule has 1 atom stereocenters. The number of hydrogen-bond donors (Lipinski definition) is 1. The quantitative estimate of drug-likeness (QED) is 0.545. The molecule has 0 radical (unpaired) electrons. The Hall–Kier alpha value is -0.970. The van der Waals surface area contributed by atoms with Gasteiger partial charge in [0.15, 0.2) is 0 Å². The number of alkyl halides is 1. The van der Waals surface area contributed by atoms with Gasteiger partial charge in [-0.1, -0.05) is 15.9 Å². The van der Waals surface area contributed by atoms with Crippen molar-refractivity contribution in [3.8, 4) is 0 Å². The molecule has 0 aromatic heterocycles. The van der Waals surface area contributed by atoms with E-state index in [4.69, 9.17) is 10.5 Å². The van der Waals surface area contributed by atoms with Crippen LogP contribution in [0.5, 0.6) is 0 Å². The van der Waals surface area contributed by atoms with Crippen LogP contribution in [0.2, 0.25) is 0 Å². The molecule has 1 rings (SSSR count). The molecule has 0 bridgehead atoms. The lowest BCUT2D eigenvalue weighted by molar-refractivity contribution is 0.0338. The second kappa shape index (κ2) is 4.26. The lowest BCUT2D eigenvalue weighted by atomic mass is 10.2. The monoisotopic (exact) mass is 274 g/mol. The van der Waals surface area contributed by atoms with Crippen molar-refractivity contribution in [2.45, 2.75) is 31.3 Å². The van der Waals surface area contributed by atoms with E-state index in [9.17, 15) is 4.79 Å². The van der Waals surface area contributed by atoms with E-state index in [1.54, 1.807) is 18.4 Å². The van der Waals surface area contributed by atoms with Crippen molar-refractivity contribution in [3.63, 3.8) is 0 Å². The average molecular weight is 275 g/mol. The normalized spacial score (nSPS) is 21.2. The Morgan fingerprint density at radius 1 is 1.60 bits per heavy atom. The van der Waals surface area contributed by atoms with Crippen LogP contribution in [0.3, 0.4) is 0 Å². The number of halogens is 1. The van der Waals surface area contributed by atoms with E-state index in [2.05, 4.69) is 15.9 Å². The number of nitrogens with zero attached hydrogens (tertiary/aromatic N) is 1. The first-order valence-corrected chi connectivity index (χ1v) is 5.52. The lowest BCUT2D eigenvalue weighted by Gasteiger charge is -2.28. The minimum absolute atomic E-state index is 0.252. The number of ether oxygens (including phenoxy) is 1. The van der Waals surface area contributed by atoms with Crippen LogP contribution < -0.4 is 5.73 Å². The van der Waals surface area contributed by atoms with Gasteiger partial charge in [-0.05, 0) is 32.9 Å². The van der Waals surface area contributed by atoms with E-state index in [-0.39, 0.29) is 4.95 Å². The van der Waals surface area contributed by atoms with Crippen molar-refractivity contribution < 1.29 is 9.53 Å². The predicted molar refractivity (Wildman–Crippen MR) is 62.2 cm³/mol. The van der Waals surface area contributed by atoms with E-state index in [0.717, 1.165) is 0 Å². The molecule has 1 amide bonds. The summed E-state index contributed by atoms with van der Waals surface area (Å²) in [5, 5.41) is 0.